The van der Waals surface area contributed by atoms with Gasteiger partial charge >= 0.3 is 0 Å². The van der Waals surface area contributed by atoms with E-state index in [4.69, 9.17) is 0 Å². The van der Waals surface area contributed by atoms with Gasteiger partial charge in [0.2, 0.25) is 0 Å². The maximum atomic E-state index is 11.8. The van der Waals surface area contributed by atoms with Gasteiger partial charge in [0, 0.05) is 5.56 Å². The molecule has 14 heavy (non-hydrogen) atoms. The Morgan fingerprint density at radius 2 is 2.07 bits per heavy atom. The zero-order valence-corrected chi connectivity index (χ0v) is 8.42. The van der Waals surface area contributed by atoms with Gasteiger partial charge in [-0.1, -0.05) is 36.9 Å². The minimum Gasteiger partial charge on any atom is -0.289 e. The highest BCUT2D eigenvalue weighted by Gasteiger charge is 2.10. The summed E-state index contributed by atoms with van der Waals surface area (Å²) >= 11 is 0. The summed E-state index contributed by atoms with van der Waals surface area (Å²) in [5, 5.41) is 0. The van der Waals surface area contributed by atoms with Crippen LogP contribution in [0.1, 0.15) is 22.3 Å². The number of hydrogen-bond donors (Lipinski definition) is 0. The molecule has 0 amide bonds. The normalized spacial score (nSPS) is 9.50. The van der Waals surface area contributed by atoms with Gasteiger partial charge in [-0.3, -0.25) is 4.79 Å². The summed E-state index contributed by atoms with van der Waals surface area (Å²) in [4.78, 5) is 11.8. The zero-order chi connectivity index (χ0) is 10.6. The highest BCUT2D eigenvalue weighted by atomic mass is 16.1. The molecule has 1 rings (SSSR count). The van der Waals surface area contributed by atoms with E-state index < -0.39 is 0 Å². The average Bonchev–Trinajstić information content (AvgIpc) is 2.18. The van der Waals surface area contributed by atoms with Gasteiger partial charge in [-0.15, -0.1) is 6.58 Å². The van der Waals surface area contributed by atoms with Crippen LogP contribution in [0.4, 0.5) is 0 Å². The van der Waals surface area contributed by atoms with Crippen LogP contribution in [-0.4, -0.2) is 5.78 Å². The number of ketones is 1. The third kappa shape index (κ3) is 2.19. The van der Waals surface area contributed by atoms with Crippen molar-refractivity contribution in [3.05, 3.63) is 60.2 Å². The summed E-state index contributed by atoms with van der Waals surface area (Å²) in [6, 6.07) is 7.53. The van der Waals surface area contributed by atoms with Crippen molar-refractivity contribution in [1.29, 1.82) is 0 Å². The van der Waals surface area contributed by atoms with Crippen LogP contribution in [0.5, 0.6) is 0 Å². The van der Waals surface area contributed by atoms with E-state index in [0.717, 1.165) is 11.1 Å². The monoisotopic (exact) mass is 186 g/mol. The molecule has 0 N–H and O–H groups in total. The summed E-state index contributed by atoms with van der Waals surface area (Å²) in [7, 11) is 0. The summed E-state index contributed by atoms with van der Waals surface area (Å²) in [5.74, 6) is 0.0167. The second kappa shape index (κ2) is 4.56. The number of carbonyl (C=O) groups is 1. The second-order valence-electron chi connectivity index (χ2n) is 3.24. The number of benzene rings is 1. The van der Waals surface area contributed by atoms with Crippen LogP contribution in [0.25, 0.3) is 0 Å². The number of Topliss-reactive ketones (excluding diaryl/α,β-unsaturated/α-hetero) is 1. The van der Waals surface area contributed by atoms with Crippen LogP contribution in [0.2, 0.25) is 0 Å². The molecule has 1 aromatic rings. The summed E-state index contributed by atoms with van der Waals surface area (Å²) < 4.78 is 0. The van der Waals surface area contributed by atoms with E-state index in [2.05, 4.69) is 13.2 Å². The van der Waals surface area contributed by atoms with Crippen molar-refractivity contribution in [2.24, 2.45) is 0 Å². The number of hydrogen-bond acceptors (Lipinski definition) is 1. The summed E-state index contributed by atoms with van der Waals surface area (Å²) in [6.07, 6.45) is 2.24. The molecule has 0 unspecified atom stereocenters. The van der Waals surface area contributed by atoms with E-state index in [-0.39, 0.29) is 5.78 Å². The Bertz CT molecular complexity index is 375. The molecule has 0 saturated carbocycles. The SMILES string of the molecule is C=CCC(=C)C(=O)c1ccccc1C. The molecular weight excluding hydrogens is 172 g/mol. The minimum atomic E-state index is 0.0167. The molecule has 0 atom stereocenters. The Morgan fingerprint density at radius 1 is 1.43 bits per heavy atom. The van der Waals surface area contributed by atoms with E-state index in [1.54, 1.807) is 6.08 Å². The van der Waals surface area contributed by atoms with Crippen molar-refractivity contribution in [2.45, 2.75) is 13.3 Å². The summed E-state index contributed by atoms with van der Waals surface area (Å²) in [6.45, 7) is 9.25. The van der Waals surface area contributed by atoms with Gasteiger partial charge in [0.25, 0.3) is 0 Å². The molecule has 0 heterocycles. The fourth-order valence-corrected chi connectivity index (χ4v) is 1.29. The van der Waals surface area contributed by atoms with Gasteiger partial charge in [0.15, 0.2) is 5.78 Å². The highest BCUT2D eigenvalue weighted by Crippen LogP contribution is 2.14. The lowest BCUT2D eigenvalue weighted by Gasteiger charge is -2.04. The van der Waals surface area contributed by atoms with Crippen LogP contribution >= 0.6 is 0 Å². The number of allylic oxidation sites excluding steroid dienone is 2. The maximum absolute atomic E-state index is 11.8. The highest BCUT2D eigenvalue weighted by molar-refractivity contribution is 6.09. The zero-order valence-electron chi connectivity index (χ0n) is 8.42. The minimum absolute atomic E-state index is 0.0167. The lowest BCUT2D eigenvalue weighted by Crippen LogP contribution is -2.03. The summed E-state index contributed by atoms with van der Waals surface area (Å²) in [5.41, 5.74) is 2.32. The van der Waals surface area contributed by atoms with Crippen molar-refractivity contribution in [3.8, 4) is 0 Å². The van der Waals surface area contributed by atoms with E-state index in [0.29, 0.717) is 12.0 Å². The first-order chi connectivity index (χ1) is 6.66. The molecule has 0 aliphatic carbocycles. The van der Waals surface area contributed by atoms with Crippen molar-refractivity contribution in [3.63, 3.8) is 0 Å². The molecule has 0 aromatic heterocycles. The molecule has 0 aliphatic heterocycles. The lowest BCUT2D eigenvalue weighted by atomic mass is 9.98. The van der Waals surface area contributed by atoms with Crippen molar-refractivity contribution in [2.75, 3.05) is 0 Å². The van der Waals surface area contributed by atoms with Gasteiger partial charge in [-0.25, -0.2) is 0 Å². The van der Waals surface area contributed by atoms with Gasteiger partial charge in [-0.2, -0.15) is 0 Å². The molecule has 1 aromatic carbocycles. The quantitative estimate of drug-likeness (QED) is 0.400. The maximum Gasteiger partial charge on any atom is 0.188 e. The Balaban J connectivity index is 2.95. The van der Waals surface area contributed by atoms with Crippen LogP contribution < -0.4 is 0 Å². The van der Waals surface area contributed by atoms with Crippen LogP contribution in [0.15, 0.2) is 49.1 Å². The van der Waals surface area contributed by atoms with Crippen molar-refractivity contribution < 1.29 is 4.79 Å². The molecule has 1 nitrogen and oxygen atoms in total. The van der Waals surface area contributed by atoms with Gasteiger partial charge in [-0.05, 0) is 24.5 Å². The number of aryl methyl sites for hydroxylation is 1. The molecule has 1 heteroatoms. The molecule has 0 bridgehead atoms. The fourth-order valence-electron chi connectivity index (χ4n) is 1.29. The predicted octanol–water partition coefficient (Wildman–Crippen LogP) is 3.31. The van der Waals surface area contributed by atoms with Crippen LogP contribution in [0.3, 0.4) is 0 Å². The first-order valence-corrected chi connectivity index (χ1v) is 4.56. The Labute approximate surface area is 84.8 Å². The van der Waals surface area contributed by atoms with Crippen molar-refractivity contribution in [1.82, 2.24) is 0 Å². The van der Waals surface area contributed by atoms with Gasteiger partial charge < -0.3 is 0 Å². The first kappa shape index (κ1) is 10.5. The molecule has 0 saturated heterocycles. The first-order valence-electron chi connectivity index (χ1n) is 4.56. The van der Waals surface area contributed by atoms with E-state index >= 15 is 0 Å². The third-order valence-electron chi connectivity index (χ3n) is 2.10. The third-order valence-corrected chi connectivity index (χ3v) is 2.10. The number of rotatable bonds is 4. The molecule has 0 fully saturated rings. The fraction of sp³-hybridized carbons (Fsp3) is 0.154. The topological polar surface area (TPSA) is 17.1 Å². The smallest absolute Gasteiger partial charge is 0.188 e. The van der Waals surface area contributed by atoms with Gasteiger partial charge in [0.05, 0.1) is 0 Å². The van der Waals surface area contributed by atoms with E-state index in [9.17, 15) is 4.79 Å². The Morgan fingerprint density at radius 3 is 2.64 bits per heavy atom. The molecule has 72 valence electrons. The molecule has 0 radical (unpaired) electrons. The predicted molar refractivity (Wildman–Crippen MR) is 59.5 cm³/mol. The molecular formula is C13H14O. The number of carbonyl (C=O) groups excluding carboxylic acids is 1. The largest absolute Gasteiger partial charge is 0.289 e. The molecule has 0 aliphatic rings. The Hall–Kier alpha value is -1.63. The van der Waals surface area contributed by atoms with Crippen molar-refractivity contribution >= 4 is 5.78 Å². The second-order valence-corrected chi connectivity index (χ2v) is 3.24. The van der Waals surface area contributed by atoms with Crippen LogP contribution in [-0.2, 0) is 0 Å². The van der Waals surface area contributed by atoms with Crippen LogP contribution in [0, 0.1) is 6.92 Å². The van der Waals surface area contributed by atoms with Gasteiger partial charge in [0.1, 0.15) is 0 Å². The molecule has 0 spiro atoms. The lowest BCUT2D eigenvalue weighted by molar-refractivity contribution is 0.103. The Kier molecular flexibility index (Phi) is 3.41. The average molecular weight is 186 g/mol. The van der Waals surface area contributed by atoms with E-state index in [1.807, 2.05) is 31.2 Å². The van der Waals surface area contributed by atoms with E-state index in [1.165, 1.54) is 0 Å². The standard InChI is InChI=1S/C13H14O/c1-4-7-11(3)13(14)12-9-6-5-8-10(12)2/h4-6,8-9H,1,3,7H2,2H3.